The third-order valence-corrected chi connectivity index (χ3v) is 5.40. The van der Waals surface area contributed by atoms with Crippen molar-refractivity contribution in [3.63, 3.8) is 0 Å². The fourth-order valence-corrected chi connectivity index (χ4v) is 4.75. The molecule has 6 nitrogen and oxygen atoms in total. The van der Waals surface area contributed by atoms with Crippen LogP contribution >= 0.6 is 0 Å². The molecule has 0 aromatic rings. The molecule has 2 spiro atoms. The van der Waals surface area contributed by atoms with Gasteiger partial charge in [0.25, 0.3) is 6.48 Å². The Morgan fingerprint density at radius 3 is 1.89 bits per heavy atom. The van der Waals surface area contributed by atoms with Crippen molar-refractivity contribution in [2.24, 2.45) is 0 Å². The summed E-state index contributed by atoms with van der Waals surface area (Å²) in [4.78, 5) is 0. The Hall–Kier alpha value is -0.240. The Morgan fingerprint density at radius 1 is 0.842 bits per heavy atom. The van der Waals surface area contributed by atoms with E-state index in [0.717, 1.165) is 25.7 Å². The summed E-state index contributed by atoms with van der Waals surface area (Å²) in [5.41, 5.74) is -1.11. The van der Waals surface area contributed by atoms with Crippen LogP contribution in [0.5, 0.6) is 0 Å². The predicted octanol–water partition coefficient (Wildman–Crippen LogP) is -0.0743. The zero-order chi connectivity index (χ0) is 12.7. The lowest BCUT2D eigenvalue weighted by atomic mass is 9.64. The first kappa shape index (κ1) is 11.4. The molecule has 0 aromatic heterocycles. The normalized spacial score (nSPS) is 62.7. The van der Waals surface area contributed by atoms with E-state index in [1.807, 2.05) is 0 Å². The van der Waals surface area contributed by atoms with Crippen molar-refractivity contribution in [3.8, 4) is 0 Å². The van der Waals surface area contributed by atoms with Gasteiger partial charge in [-0.1, -0.05) is 0 Å². The summed E-state index contributed by atoms with van der Waals surface area (Å²) in [5.74, 6) is 0. The van der Waals surface area contributed by atoms with E-state index in [0.29, 0.717) is 13.2 Å². The predicted molar refractivity (Wildman–Crippen MR) is 60.2 cm³/mol. The molecular weight excluding hydrogens is 252 g/mol. The maximum atomic E-state index is 10.6. The lowest BCUT2D eigenvalue weighted by Crippen LogP contribution is -2.84. The van der Waals surface area contributed by atoms with Crippen LogP contribution in [0.2, 0.25) is 0 Å². The van der Waals surface area contributed by atoms with Gasteiger partial charge in [-0.15, -0.1) is 0 Å². The van der Waals surface area contributed by atoms with Crippen LogP contribution in [0.3, 0.4) is 0 Å². The Kier molecular flexibility index (Phi) is 2.10. The molecule has 6 fully saturated rings. The van der Waals surface area contributed by atoms with Crippen molar-refractivity contribution in [1.29, 1.82) is 0 Å². The molecule has 19 heavy (non-hydrogen) atoms. The molecular formula is C13H18O6. The zero-order valence-corrected chi connectivity index (χ0v) is 10.6. The Balaban J connectivity index is 1.66. The van der Waals surface area contributed by atoms with Crippen LogP contribution in [0.15, 0.2) is 0 Å². The average molecular weight is 270 g/mol. The third kappa shape index (κ3) is 1.16. The number of aliphatic hydroxyl groups is 1. The molecule has 6 rings (SSSR count). The topological polar surface area (TPSA) is 66.4 Å². The van der Waals surface area contributed by atoms with E-state index in [2.05, 4.69) is 0 Å². The number of aliphatic hydroxyl groups excluding tert-OH is 1. The SMILES string of the molecule is OC1[C@H]2OC3OC([C@@]24CCCO4)[C@@]2(CCCO2)[C@@H]1O3. The quantitative estimate of drug-likeness (QED) is 0.664. The second-order valence-corrected chi connectivity index (χ2v) is 6.22. The van der Waals surface area contributed by atoms with Crippen LogP contribution < -0.4 is 0 Å². The molecule has 1 aliphatic carbocycles. The molecule has 6 heteroatoms. The lowest BCUT2D eigenvalue weighted by molar-refractivity contribution is -0.517. The zero-order valence-electron chi connectivity index (χ0n) is 10.6. The first-order chi connectivity index (χ1) is 9.26. The van der Waals surface area contributed by atoms with Crippen LogP contribution in [-0.4, -0.2) is 60.4 Å². The number of rotatable bonds is 0. The highest BCUT2D eigenvalue weighted by atomic mass is 16.9. The smallest absolute Gasteiger partial charge is 0.273 e. The fraction of sp³-hybridized carbons (Fsp3) is 1.00. The molecule has 5 aliphatic heterocycles. The van der Waals surface area contributed by atoms with E-state index in [1.165, 1.54) is 0 Å². The Bertz CT molecular complexity index is 366. The molecule has 6 aliphatic rings. The van der Waals surface area contributed by atoms with E-state index in [9.17, 15) is 5.11 Å². The maximum absolute atomic E-state index is 10.6. The van der Waals surface area contributed by atoms with E-state index in [-0.39, 0.29) is 18.3 Å². The average Bonchev–Trinajstić information content (AvgIpc) is 3.06. The van der Waals surface area contributed by atoms with Gasteiger partial charge < -0.3 is 28.8 Å². The summed E-state index contributed by atoms with van der Waals surface area (Å²) in [6.45, 7) is 0.713. The van der Waals surface area contributed by atoms with E-state index in [1.54, 1.807) is 0 Å². The second kappa shape index (κ2) is 3.50. The van der Waals surface area contributed by atoms with Gasteiger partial charge in [0.05, 0.1) is 0 Å². The van der Waals surface area contributed by atoms with Crippen molar-refractivity contribution < 1.29 is 28.8 Å². The van der Waals surface area contributed by atoms with Crippen LogP contribution in [0.25, 0.3) is 0 Å². The standard InChI is InChI=1S/C13H18O6/c14-7-8-12(3-1-5-15-12)10-13(4-2-6-16-13)9(7)18-11(17-8)19-10/h7-11,14H,1-6H2/t7?,8-,9-,10?,11?,12-,13-/m1/s1. The van der Waals surface area contributed by atoms with Crippen LogP contribution in [0.1, 0.15) is 25.7 Å². The minimum Gasteiger partial charge on any atom is -0.387 e. The summed E-state index contributed by atoms with van der Waals surface area (Å²) in [6, 6.07) is 0. The van der Waals surface area contributed by atoms with E-state index in [4.69, 9.17) is 23.7 Å². The van der Waals surface area contributed by atoms with Gasteiger partial charge in [-0.2, -0.15) is 0 Å². The Morgan fingerprint density at radius 2 is 1.42 bits per heavy atom. The molecule has 106 valence electrons. The van der Waals surface area contributed by atoms with Gasteiger partial charge in [-0.3, -0.25) is 0 Å². The molecule has 0 amide bonds. The second-order valence-electron chi connectivity index (χ2n) is 6.22. The molecule has 4 bridgehead atoms. The van der Waals surface area contributed by atoms with E-state index >= 15 is 0 Å². The largest absolute Gasteiger partial charge is 0.387 e. The highest BCUT2D eigenvalue weighted by Gasteiger charge is 2.76. The molecule has 1 saturated carbocycles. The number of hydrogen-bond donors (Lipinski definition) is 1. The van der Waals surface area contributed by atoms with Gasteiger partial charge in [-0.05, 0) is 25.7 Å². The van der Waals surface area contributed by atoms with Crippen molar-refractivity contribution in [2.75, 3.05) is 13.2 Å². The molecule has 5 saturated heterocycles. The van der Waals surface area contributed by atoms with Crippen LogP contribution in [0.4, 0.5) is 0 Å². The summed E-state index contributed by atoms with van der Waals surface area (Å²) in [6.07, 6.45) is 2.05. The molecule has 4 atom stereocenters. The van der Waals surface area contributed by atoms with Crippen LogP contribution in [-0.2, 0) is 23.7 Å². The van der Waals surface area contributed by atoms with Crippen molar-refractivity contribution >= 4 is 0 Å². The summed E-state index contributed by atoms with van der Waals surface area (Å²) >= 11 is 0. The summed E-state index contributed by atoms with van der Waals surface area (Å²) in [7, 11) is 0. The fourth-order valence-electron chi connectivity index (χ4n) is 4.75. The van der Waals surface area contributed by atoms with Gasteiger partial charge in [0.1, 0.15) is 35.6 Å². The Labute approximate surface area is 110 Å². The molecule has 1 N–H and O–H groups in total. The third-order valence-electron chi connectivity index (χ3n) is 5.40. The maximum Gasteiger partial charge on any atom is 0.273 e. The van der Waals surface area contributed by atoms with Crippen molar-refractivity contribution in [2.45, 2.75) is 67.8 Å². The van der Waals surface area contributed by atoms with Gasteiger partial charge in [0, 0.05) is 13.2 Å². The molecule has 0 aromatic carbocycles. The highest BCUT2D eigenvalue weighted by Crippen LogP contribution is 2.58. The van der Waals surface area contributed by atoms with Gasteiger partial charge in [0.2, 0.25) is 0 Å². The molecule has 0 radical (unpaired) electrons. The highest BCUT2D eigenvalue weighted by molar-refractivity contribution is 5.23. The van der Waals surface area contributed by atoms with E-state index < -0.39 is 23.8 Å². The minimum absolute atomic E-state index is 0.184. The molecule has 0 unspecified atom stereocenters. The summed E-state index contributed by atoms with van der Waals surface area (Å²) < 4.78 is 29.4. The van der Waals surface area contributed by atoms with Crippen molar-refractivity contribution in [3.05, 3.63) is 0 Å². The van der Waals surface area contributed by atoms with Gasteiger partial charge in [0.15, 0.2) is 0 Å². The molecule has 5 heterocycles. The first-order valence-corrected chi connectivity index (χ1v) is 7.19. The van der Waals surface area contributed by atoms with Gasteiger partial charge >= 0.3 is 0 Å². The minimum atomic E-state index is -0.701. The van der Waals surface area contributed by atoms with Crippen molar-refractivity contribution in [1.82, 2.24) is 0 Å². The monoisotopic (exact) mass is 270 g/mol. The summed E-state index contributed by atoms with van der Waals surface area (Å²) in [5, 5.41) is 10.6. The van der Waals surface area contributed by atoms with Crippen LogP contribution in [0, 0.1) is 0 Å². The number of ether oxygens (including phenoxy) is 5. The first-order valence-electron chi connectivity index (χ1n) is 7.19. The number of hydrogen-bond acceptors (Lipinski definition) is 6. The lowest BCUT2D eigenvalue weighted by Gasteiger charge is -2.65. The van der Waals surface area contributed by atoms with Gasteiger partial charge in [-0.25, -0.2) is 0 Å².